The molecule has 6 heteroatoms. The Morgan fingerprint density at radius 1 is 1.45 bits per heavy atom. The number of fused-ring (bicyclic) bond motifs is 1. The predicted molar refractivity (Wildman–Crippen MR) is 84.4 cm³/mol. The van der Waals surface area contributed by atoms with Crippen molar-refractivity contribution in [3.63, 3.8) is 0 Å². The van der Waals surface area contributed by atoms with Gasteiger partial charge >= 0.3 is 0 Å². The Morgan fingerprint density at radius 2 is 2.32 bits per heavy atom. The van der Waals surface area contributed by atoms with Crippen molar-refractivity contribution in [2.24, 2.45) is 5.92 Å². The molecule has 3 rings (SSSR count). The summed E-state index contributed by atoms with van der Waals surface area (Å²) in [4.78, 5) is 19.3. The van der Waals surface area contributed by atoms with Gasteiger partial charge in [0.25, 0.3) is 5.56 Å². The van der Waals surface area contributed by atoms with Crippen LogP contribution in [-0.2, 0) is 11.3 Å². The van der Waals surface area contributed by atoms with Crippen LogP contribution in [-0.4, -0.2) is 54.9 Å². The molecule has 1 fully saturated rings. The third-order valence-electron chi connectivity index (χ3n) is 4.03. The number of ether oxygens (including phenoxy) is 2. The Morgan fingerprint density at radius 3 is 3.14 bits per heavy atom. The molecule has 0 amide bonds. The lowest BCUT2D eigenvalue weighted by Gasteiger charge is -2.19. The zero-order chi connectivity index (χ0) is 15.5. The first-order valence-corrected chi connectivity index (χ1v) is 7.47. The molecular weight excluding hydrogens is 282 g/mol. The van der Waals surface area contributed by atoms with Gasteiger partial charge in [-0.2, -0.15) is 0 Å². The van der Waals surface area contributed by atoms with E-state index in [0.717, 1.165) is 19.7 Å². The van der Waals surface area contributed by atoms with Crippen molar-refractivity contribution in [3.05, 3.63) is 34.9 Å². The Hall–Kier alpha value is -1.92. The van der Waals surface area contributed by atoms with Crippen molar-refractivity contribution in [1.29, 1.82) is 0 Å². The molecule has 6 nitrogen and oxygen atoms in total. The maximum atomic E-state index is 12.7. The summed E-state index contributed by atoms with van der Waals surface area (Å²) in [6, 6.07) is 5.42. The fourth-order valence-electron chi connectivity index (χ4n) is 2.90. The molecule has 0 aliphatic carbocycles. The average Bonchev–Trinajstić information content (AvgIpc) is 2.73. The largest absolute Gasteiger partial charge is 0.494 e. The van der Waals surface area contributed by atoms with E-state index in [2.05, 4.69) is 16.9 Å². The number of rotatable bonds is 3. The van der Waals surface area contributed by atoms with E-state index in [1.165, 1.54) is 0 Å². The zero-order valence-electron chi connectivity index (χ0n) is 13.0. The number of benzene rings is 1. The van der Waals surface area contributed by atoms with Crippen molar-refractivity contribution in [2.45, 2.75) is 6.54 Å². The highest BCUT2D eigenvalue weighted by Gasteiger charge is 2.18. The van der Waals surface area contributed by atoms with Crippen LogP contribution in [0.15, 0.2) is 29.3 Å². The second-order valence-corrected chi connectivity index (χ2v) is 5.76. The SMILES string of the molecule is COc1cccc2c(=O)n(C[C@H]3COCCN(C)C3)cnc12. The molecule has 1 aliphatic rings. The molecule has 0 bridgehead atoms. The van der Waals surface area contributed by atoms with Crippen LogP contribution in [0.1, 0.15) is 0 Å². The first-order valence-electron chi connectivity index (χ1n) is 7.47. The highest BCUT2D eigenvalue weighted by atomic mass is 16.5. The van der Waals surface area contributed by atoms with Gasteiger partial charge < -0.3 is 14.4 Å². The van der Waals surface area contributed by atoms with Gasteiger partial charge in [-0.3, -0.25) is 9.36 Å². The Balaban J connectivity index is 1.91. The average molecular weight is 303 g/mol. The second kappa shape index (κ2) is 6.46. The normalized spacial score (nSPS) is 20.0. The fourth-order valence-corrected chi connectivity index (χ4v) is 2.90. The lowest BCUT2D eigenvalue weighted by molar-refractivity contribution is 0.117. The summed E-state index contributed by atoms with van der Waals surface area (Å²) >= 11 is 0. The molecular formula is C16H21N3O3. The molecule has 1 aromatic carbocycles. The Bertz CT molecular complexity index is 713. The van der Waals surface area contributed by atoms with Gasteiger partial charge in [0.1, 0.15) is 11.3 Å². The van der Waals surface area contributed by atoms with E-state index in [4.69, 9.17) is 9.47 Å². The van der Waals surface area contributed by atoms with Gasteiger partial charge in [-0.25, -0.2) is 4.98 Å². The van der Waals surface area contributed by atoms with Crippen LogP contribution in [0.3, 0.4) is 0 Å². The van der Waals surface area contributed by atoms with E-state index in [1.807, 2.05) is 12.1 Å². The fraction of sp³-hybridized carbons (Fsp3) is 0.500. The quantitative estimate of drug-likeness (QED) is 0.846. The number of hydrogen-bond donors (Lipinski definition) is 0. The van der Waals surface area contributed by atoms with Crippen LogP contribution in [0.5, 0.6) is 5.75 Å². The maximum absolute atomic E-state index is 12.7. The number of likely N-dealkylation sites (N-methyl/N-ethyl adjacent to an activating group) is 1. The summed E-state index contributed by atoms with van der Waals surface area (Å²) in [6.07, 6.45) is 1.61. The molecule has 0 unspecified atom stereocenters. The standard InChI is InChI=1S/C16H21N3O3/c1-18-6-7-22-10-12(8-18)9-19-11-17-15-13(16(19)20)4-3-5-14(15)21-2/h3-5,11-12H,6-10H2,1-2H3/t12-/m0/s1. The van der Waals surface area contributed by atoms with Crippen LogP contribution < -0.4 is 10.3 Å². The molecule has 118 valence electrons. The molecule has 0 radical (unpaired) electrons. The van der Waals surface area contributed by atoms with E-state index in [-0.39, 0.29) is 11.5 Å². The Kier molecular flexibility index (Phi) is 4.40. The number of hydrogen-bond acceptors (Lipinski definition) is 5. The molecule has 2 heterocycles. The van der Waals surface area contributed by atoms with Gasteiger partial charge in [-0.15, -0.1) is 0 Å². The van der Waals surface area contributed by atoms with Crippen molar-refractivity contribution in [2.75, 3.05) is 40.5 Å². The lowest BCUT2D eigenvalue weighted by atomic mass is 10.1. The third kappa shape index (κ3) is 2.98. The van der Waals surface area contributed by atoms with E-state index >= 15 is 0 Å². The topological polar surface area (TPSA) is 56.6 Å². The number of aromatic nitrogens is 2. The molecule has 2 aromatic rings. The molecule has 1 saturated heterocycles. The van der Waals surface area contributed by atoms with Crippen LogP contribution in [0.25, 0.3) is 10.9 Å². The summed E-state index contributed by atoms with van der Waals surface area (Å²) in [6.45, 7) is 3.88. The predicted octanol–water partition coefficient (Wildman–Crippen LogP) is 0.983. The molecule has 1 aliphatic heterocycles. The molecule has 1 atom stereocenters. The van der Waals surface area contributed by atoms with Crippen molar-refractivity contribution >= 4 is 10.9 Å². The maximum Gasteiger partial charge on any atom is 0.261 e. The summed E-state index contributed by atoms with van der Waals surface area (Å²) in [5.74, 6) is 0.911. The van der Waals surface area contributed by atoms with Crippen LogP contribution in [0, 0.1) is 5.92 Å². The van der Waals surface area contributed by atoms with Gasteiger partial charge in [-0.1, -0.05) is 6.07 Å². The monoisotopic (exact) mass is 303 g/mol. The minimum absolute atomic E-state index is 0.0317. The van der Waals surface area contributed by atoms with E-state index < -0.39 is 0 Å². The van der Waals surface area contributed by atoms with E-state index in [1.54, 1.807) is 24.1 Å². The van der Waals surface area contributed by atoms with Crippen LogP contribution in [0.2, 0.25) is 0 Å². The number of nitrogens with zero attached hydrogens (tertiary/aromatic N) is 3. The highest BCUT2D eigenvalue weighted by molar-refractivity contribution is 5.83. The van der Waals surface area contributed by atoms with Gasteiger partial charge in [-0.05, 0) is 19.2 Å². The van der Waals surface area contributed by atoms with Crippen molar-refractivity contribution in [3.8, 4) is 5.75 Å². The number of methoxy groups -OCH3 is 1. The lowest BCUT2D eigenvalue weighted by Crippen LogP contribution is -2.32. The van der Waals surface area contributed by atoms with Gasteiger partial charge in [0.15, 0.2) is 0 Å². The zero-order valence-corrected chi connectivity index (χ0v) is 13.0. The molecule has 0 spiro atoms. The highest BCUT2D eigenvalue weighted by Crippen LogP contribution is 2.20. The first-order chi connectivity index (χ1) is 10.7. The van der Waals surface area contributed by atoms with Crippen molar-refractivity contribution in [1.82, 2.24) is 14.5 Å². The van der Waals surface area contributed by atoms with Crippen LogP contribution >= 0.6 is 0 Å². The van der Waals surface area contributed by atoms with Gasteiger partial charge in [0, 0.05) is 25.6 Å². The summed E-state index contributed by atoms with van der Waals surface area (Å²) in [5, 5.41) is 0.588. The molecule has 22 heavy (non-hydrogen) atoms. The van der Waals surface area contributed by atoms with E-state index in [0.29, 0.717) is 29.8 Å². The summed E-state index contributed by atoms with van der Waals surface area (Å²) in [7, 11) is 3.66. The number of para-hydroxylation sites is 1. The molecule has 0 saturated carbocycles. The van der Waals surface area contributed by atoms with E-state index in [9.17, 15) is 4.79 Å². The van der Waals surface area contributed by atoms with Crippen LogP contribution in [0.4, 0.5) is 0 Å². The van der Waals surface area contributed by atoms with Gasteiger partial charge in [0.2, 0.25) is 0 Å². The third-order valence-corrected chi connectivity index (χ3v) is 4.03. The van der Waals surface area contributed by atoms with Gasteiger partial charge in [0.05, 0.1) is 32.0 Å². The molecule has 0 N–H and O–H groups in total. The molecule has 1 aromatic heterocycles. The summed E-state index contributed by atoms with van der Waals surface area (Å²) < 4.78 is 12.6. The second-order valence-electron chi connectivity index (χ2n) is 5.76. The Labute approximate surface area is 129 Å². The minimum Gasteiger partial charge on any atom is -0.494 e. The van der Waals surface area contributed by atoms with Crippen molar-refractivity contribution < 1.29 is 9.47 Å². The summed E-state index contributed by atoms with van der Waals surface area (Å²) in [5.41, 5.74) is 0.580. The first kappa shape index (κ1) is 15.0. The minimum atomic E-state index is -0.0317. The smallest absolute Gasteiger partial charge is 0.261 e.